The van der Waals surface area contributed by atoms with E-state index in [1.165, 1.54) is 29.3 Å². The monoisotopic (exact) mass is 727 g/mol. The summed E-state index contributed by atoms with van der Waals surface area (Å²) in [6.07, 6.45) is 5.27. The Labute approximate surface area is 306 Å². The van der Waals surface area contributed by atoms with Crippen LogP contribution in [0.3, 0.4) is 0 Å². The number of rotatable bonds is 10. The lowest BCUT2D eigenvalue weighted by atomic mass is 9.65. The van der Waals surface area contributed by atoms with Crippen LogP contribution < -0.4 is 16.0 Å². The third-order valence-electron chi connectivity index (χ3n) is 11.2. The molecule has 9 rings (SSSR count). The van der Waals surface area contributed by atoms with Gasteiger partial charge in [0.2, 0.25) is 0 Å². The maximum absolute atomic E-state index is 14.6. The van der Waals surface area contributed by atoms with Crippen LogP contribution in [0.15, 0.2) is 53.7 Å². The van der Waals surface area contributed by atoms with E-state index in [2.05, 4.69) is 61.7 Å². The number of aromatic nitrogens is 2. The van der Waals surface area contributed by atoms with E-state index < -0.39 is 11.7 Å². The average molecular weight is 728 g/mol. The molecule has 1 unspecified atom stereocenters. The lowest BCUT2D eigenvalue weighted by molar-refractivity contribution is -0.138. The zero-order chi connectivity index (χ0) is 36.1. The van der Waals surface area contributed by atoms with Crippen molar-refractivity contribution in [1.29, 1.82) is 0 Å². The Hall–Kier alpha value is -4.26. The molecular formula is C40H44F3N7OS. The fourth-order valence-electron chi connectivity index (χ4n) is 7.93. The molecule has 4 aromatic rings. The van der Waals surface area contributed by atoms with Crippen molar-refractivity contribution in [2.45, 2.75) is 65.2 Å². The highest BCUT2D eigenvalue weighted by Crippen LogP contribution is 2.50. The number of likely N-dealkylation sites (N-methyl/N-ethyl adjacent to an activating group) is 1. The highest BCUT2D eigenvalue weighted by molar-refractivity contribution is 7.18. The quantitative estimate of drug-likeness (QED) is 0.151. The maximum Gasteiger partial charge on any atom is 0.416 e. The third kappa shape index (κ3) is 6.72. The number of nitrogens with one attached hydrogen (secondary N) is 3. The molecule has 1 saturated heterocycles. The SMILES string of the molecule is CC[C@@H]1C2=C(Nc3ccc(CN4CCN(CC)CC4)c(C(F)(F)F)c3)c3ccc(C)c(NC(=O)c4csc5c(NC6CC6)ncnc45)c3C=CC1C2. The Balaban J connectivity index is 1.12. The molecule has 1 amide bonds. The van der Waals surface area contributed by atoms with Crippen LogP contribution in [0.25, 0.3) is 22.0 Å². The first-order valence-electron chi connectivity index (χ1n) is 18.4. The number of hydrogen-bond acceptors (Lipinski definition) is 8. The van der Waals surface area contributed by atoms with Crippen molar-refractivity contribution in [3.8, 4) is 0 Å². The number of fused-ring (bicyclic) bond motifs is 1. The molecule has 2 saturated carbocycles. The molecule has 0 spiro atoms. The Morgan fingerprint density at radius 1 is 1.04 bits per heavy atom. The molecule has 12 heteroatoms. The number of amides is 1. The van der Waals surface area contributed by atoms with Crippen molar-refractivity contribution in [1.82, 2.24) is 19.8 Å². The number of carbonyl (C=O) groups excluding carboxylic acids is 1. The predicted octanol–water partition coefficient (Wildman–Crippen LogP) is 8.88. The van der Waals surface area contributed by atoms with E-state index in [0.29, 0.717) is 40.0 Å². The van der Waals surface area contributed by atoms with E-state index in [0.717, 1.165) is 91.3 Å². The summed E-state index contributed by atoms with van der Waals surface area (Å²) < 4.78 is 44.7. The minimum atomic E-state index is -4.49. The fraction of sp³-hybridized carbons (Fsp3) is 0.425. The van der Waals surface area contributed by atoms with Crippen LogP contribution in [0.2, 0.25) is 0 Å². The van der Waals surface area contributed by atoms with E-state index in [9.17, 15) is 18.0 Å². The van der Waals surface area contributed by atoms with Gasteiger partial charge in [0, 0.05) is 66.7 Å². The van der Waals surface area contributed by atoms with Crippen molar-refractivity contribution >= 4 is 56.4 Å². The van der Waals surface area contributed by atoms with Crippen molar-refractivity contribution in [3.05, 3.63) is 87.1 Å². The summed E-state index contributed by atoms with van der Waals surface area (Å²) in [5.41, 5.74) is 6.42. The fourth-order valence-corrected chi connectivity index (χ4v) is 8.88. The van der Waals surface area contributed by atoms with Gasteiger partial charge in [-0.25, -0.2) is 9.97 Å². The van der Waals surface area contributed by atoms with E-state index in [4.69, 9.17) is 0 Å². The van der Waals surface area contributed by atoms with E-state index >= 15 is 0 Å². The Morgan fingerprint density at radius 2 is 1.83 bits per heavy atom. The molecular weight excluding hydrogens is 684 g/mol. The maximum atomic E-state index is 14.6. The van der Waals surface area contributed by atoms with Crippen molar-refractivity contribution < 1.29 is 18.0 Å². The Morgan fingerprint density at radius 3 is 2.56 bits per heavy atom. The second-order valence-corrected chi connectivity index (χ2v) is 15.4. The molecule has 272 valence electrons. The highest BCUT2D eigenvalue weighted by atomic mass is 32.1. The smallest absolute Gasteiger partial charge is 0.366 e. The summed E-state index contributed by atoms with van der Waals surface area (Å²) in [4.78, 5) is 27.3. The third-order valence-corrected chi connectivity index (χ3v) is 12.1. The summed E-state index contributed by atoms with van der Waals surface area (Å²) >= 11 is 1.45. The number of allylic oxidation sites excluding steroid dienone is 2. The van der Waals surface area contributed by atoms with Gasteiger partial charge < -0.3 is 20.9 Å². The largest absolute Gasteiger partial charge is 0.416 e. The van der Waals surface area contributed by atoms with Gasteiger partial charge in [-0.15, -0.1) is 11.3 Å². The summed E-state index contributed by atoms with van der Waals surface area (Å²) in [5, 5.41) is 12.0. The summed E-state index contributed by atoms with van der Waals surface area (Å²) in [7, 11) is 0. The van der Waals surface area contributed by atoms with Crippen LogP contribution in [-0.2, 0) is 12.7 Å². The van der Waals surface area contributed by atoms with Crippen molar-refractivity contribution in [2.24, 2.45) is 11.8 Å². The Kier molecular flexibility index (Phi) is 9.33. The number of piperazine rings is 1. The first kappa shape index (κ1) is 34.8. The summed E-state index contributed by atoms with van der Waals surface area (Å²) in [6.45, 7) is 10.7. The number of benzene rings is 2. The van der Waals surface area contributed by atoms with Gasteiger partial charge in [0.15, 0.2) is 0 Å². The molecule has 2 aromatic carbocycles. The molecule has 0 radical (unpaired) electrons. The molecule has 8 nitrogen and oxygen atoms in total. The molecule has 3 heterocycles. The number of nitrogens with zero attached hydrogens (tertiary/aromatic N) is 4. The number of alkyl halides is 3. The van der Waals surface area contributed by atoms with Crippen LogP contribution in [-0.4, -0.2) is 64.4 Å². The minimum absolute atomic E-state index is 0.264. The van der Waals surface area contributed by atoms with Crippen LogP contribution in [0, 0.1) is 18.8 Å². The summed E-state index contributed by atoms with van der Waals surface area (Å²) in [6, 6.07) is 9.08. The van der Waals surface area contributed by atoms with Crippen LogP contribution in [0.5, 0.6) is 0 Å². The van der Waals surface area contributed by atoms with Gasteiger partial charge in [-0.3, -0.25) is 9.69 Å². The zero-order valence-electron chi connectivity index (χ0n) is 29.7. The molecule has 4 aliphatic carbocycles. The van der Waals surface area contributed by atoms with Crippen LogP contribution in [0.4, 0.5) is 30.4 Å². The van der Waals surface area contributed by atoms with Gasteiger partial charge in [-0.05, 0) is 79.8 Å². The normalized spacial score (nSPS) is 20.7. The van der Waals surface area contributed by atoms with Crippen molar-refractivity contribution in [3.63, 3.8) is 0 Å². The van der Waals surface area contributed by atoms with Gasteiger partial charge in [-0.2, -0.15) is 13.2 Å². The second kappa shape index (κ2) is 13.9. The predicted molar refractivity (Wildman–Crippen MR) is 203 cm³/mol. The molecule has 2 atom stereocenters. The van der Waals surface area contributed by atoms with Gasteiger partial charge >= 0.3 is 6.18 Å². The number of thiophene rings is 1. The van der Waals surface area contributed by atoms with E-state index in [1.54, 1.807) is 12.1 Å². The number of halogens is 3. The lowest BCUT2D eigenvalue weighted by Gasteiger charge is -2.41. The molecule has 2 bridgehead atoms. The standard InChI is InChI=1S/C40H44F3N7OS/c1-4-28-24-8-13-29-30(12-6-23(3)34(29)48-39(51)32-21-52-37-36(32)44-22-45-38(37)47-26-10-11-26)35(31(28)18-24)46-27-9-7-25(33(19-27)40(41,42)43)20-50-16-14-49(5-2)15-17-50/h6-9,12-13,19,21-22,24,26,28,46H,4-5,10-11,14-18,20H2,1-3H3,(H,48,51)(H,44,45,47)/t24?,28-/m0/s1. The Bertz CT molecular complexity index is 2080. The number of aryl methyl sites for hydroxylation is 1. The van der Waals surface area contributed by atoms with Gasteiger partial charge in [0.05, 0.1) is 27.0 Å². The number of hydrogen-bond donors (Lipinski definition) is 3. The van der Waals surface area contributed by atoms with Gasteiger partial charge in [0.1, 0.15) is 12.1 Å². The molecule has 3 fully saturated rings. The molecule has 2 aromatic heterocycles. The number of anilines is 3. The second-order valence-electron chi connectivity index (χ2n) is 14.5. The van der Waals surface area contributed by atoms with Crippen LogP contribution >= 0.6 is 11.3 Å². The van der Waals surface area contributed by atoms with Gasteiger partial charge in [-0.1, -0.05) is 44.2 Å². The van der Waals surface area contributed by atoms with E-state index in [-0.39, 0.29) is 18.4 Å². The first-order chi connectivity index (χ1) is 25.1. The zero-order valence-corrected chi connectivity index (χ0v) is 30.6. The minimum Gasteiger partial charge on any atom is -0.366 e. The highest BCUT2D eigenvalue weighted by Gasteiger charge is 2.38. The molecule has 52 heavy (non-hydrogen) atoms. The number of carbonyl (C=O) groups is 1. The van der Waals surface area contributed by atoms with Crippen molar-refractivity contribution in [2.75, 3.05) is 48.7 Å². The summed E-state index contributed by atoms with van der Waals surface area (Å²) in [5.74, 6) is 1.08. The van der Waals surface area contributed by atoms with Crippen LogP contribution in [0.1, 0.15) is 77.7 Å². The van der Waals surface area contributed by atoms with Gasteiger partial charge in [0.25, 0.3) is 5.91 Å². The first-order valence-corrected chi connectivity index (χ1v) is 19.3. The van der Waals surface area contributed by atoms with E-state index in [1.807, 2.05) is 24.4 Å². The topological polar surface area (TPSA) is 85.4 Å². The molecule has 1 aliphatic heterocycles. The lowest BCUT2D eigenvalue weighted by Crippen LogP contribution is -2.45. The molecule has 3 N–H and O–H groups in total. The average Bonchev–Trinajstić information content (AvgIpc) is 3.82. The molecule has 5 aliphatic rings.